The Balaban J connectivity index is 2.46. The third-order valence-corrected chi connectivity index (χ3v) is 3.83. The quantitative estimate of drug-likeness (QED) is 0.841. The van der Waals surface area contributed by atoms with Gasteiger partial charge in [-0.15, -0.1) is 0 Å². The van der Waals surface area contributed by atoms with Crippen molar-refractivity contribution in [2.75, 3.05) is 0 Å². The maximum Gasteiger partial charge on any atom is 0.248 e. The van der Waals surface area contributed by atoms with E-state index in [0.717, 1.165) is 17.5 Å². The lowest BCUT2D eigenvalue weighted by atomic mass is 10.2. The first-order valence-corrected chi connectivity index (χ1v) is 6.76. The normalized spacial score (nSPS) is 12.3. The van der Waals surface area contributed by atoms with E-state index in [1.54, 1.807) is 17.7 Å². The summed E-state index contributed by atoms with van der Waals surface area (Å²) in [6, 6.07) is 4.91. The fourth-order valence-corrected chi connectivity index (χ4v) is 2.80. The molecule has 0 atom stereocenters. The average molecular weight is 266 g/mol. The van der Waals surface area contributed by atoms with Gasteiger partial charge in [0.05, 0.1) is 10.2 Å². The summed E-state index contributed by atoms with van der Waals surface area (Å²) in [5, 5.41) is 0. The van der Waals surface area contributed by atoms with Crippen LogP contribution in [0.1, 0.15) is 26.2 Å². The number of amides is 1. The highest BCUT2D eigenvalue weighted by atomic mass is 32.1. The van der Waals surface area contributed by atoms with Crippen LogP contribution in [-0.2, 0) is 11.8 Å². The highest BCUT2D eigenvalue weighted by Gasteiger charge is 2.08. The summed E-state index contributed by atoms with van der Waals surface area (Å²) in [5.41, 5.74) is 0.504. The van der Waals surface area contributed by atoms with Gasteiger partial charge in [0.25, 0.3) is 0 Å². The average Bonchev–Trinajstić information content (AvgIpc) is 2.65. The molecule has 0 radical (unpaired) electrons. The van der Waals surface area contributed by atoms with Gasteiger partial charge in [-0.05, 0) is 18.6 Å². The van der Waals surface area contributed by atoms with Crippen LogP contribution in [-0.4, -0.2) is 10.5 Å². The van der Waals surface area contributed by atoms with Gasteiger partial charge >= 0.3 is 0 Å². The highest BCUT2D eigenvalue weighted by molar-refractivity contribution is 7.16. The van der Waals surface area contributed by atoms with E-state index in [4.69, 9.17) is 0 Å². The molecule has 0 saturated carbocycles. The number of benzene rings is 1. The Hall–Kier alpha value is -1.49. The molecule has 0 aliphatic carbocycles. The molecule has 0 saturated heterocycles. The molecule has 1 heterocycles. The summed E-state index contributed by atoms with van der Waals surface area (Å²) in [7, 11) is 1.73. The number of thiazole rings is 1. The van der Waals surface area contributed by atoms with E-state index in [0.29, 0.717) is 16.7 Å². The fraction of sp³-hybridized carbons (Fsp3) is 0.385. The van der Waals surface area contributed by atoms with Gasteiger partial charge in [0.15, 0.2) is 4.80 Å². The second-order valence-electron chi connectivity index (χ2n) is 4.14. The number of rotatable bonds is 3. The Morgan fingerprint density at radius 1 is 1.50 bits per heavy atom. The van der Waals surface area contributed by atoms with Crippen molar-refractivity contribution in [3.05, 3.63) is 28.8 Å². The molecule has 0 unspecified atom stereocenters. The van der Waals surface area contributed by atoms with Gasteiger partial charge in [-0.25, -0.2) is 4.39 Å². The molecule has 18 heavy (non-hydrogen) atoms. The summed E-state index contributed by atoms with van der Waals surface area (Å²) in [5.74, 6) is -0.423. The predicted molar refractivity (Wildman–Crippen MR) is 70.8 cm³/mol. The second-order valence-corrected chi connectivity index (χ2v) is 5.15. The van der Waals surface area contributed by atoms with E-state index in [1.807, 2.05) is 13.0 Å². The number of fused-ring (bicyclic) bond motifs is 1. The molecule has 2 rings (SSSR count). The second kappa shape index (κ2) is 5.44. The Bertz CT molecular complexity index is 642. The van der Waals surface area contributed by atoms with E-state index in [1.165, 1.54) is 17.4 Å². The van der Waals surface area contributed by atoms with Gasteiger partial charge in [0, 0.05) is 13.5 Å². The molecule has 0 fully saturated rings. The third kappa shape index (κ3) is 2.51. The molecular formula is C13H15FN2OS. The molecule has 3 nitrogen and oxygen atoms in total. The van der Waals surface area contributed by atoms with Gasteiger partial charge in [0.1, 0.15) is 5.82 Å². The van der Waals surface area contributed by atoms with Crippen LogP contribution < -0.4 is 4.80 Å². The minimum absolute atomic E-state index is 0.139. The monoisotopic (exact) mass is 266 g/mol. The molecule has 0 aliphatic heterocycles. The molecule has 2 aromatic rings. The van der Waals surface area contributed by atoms with Crippen LogP contribution in [0.5, 0.6) is 0 Å². The predicted octanol–water partition coefficient (Wildman–Crippen LogP) is 3.00. The first-order valence-electron chi connectivity index (χ1n) is 5.95. The number of hydrogen-bond acceptors (Lipinski definition) is 2. The fourth-order valence-electron chi connectivity index (χ4n) is 1.75. The summed E-state index contributed by atoms with van der Waals surface area (Å²) >= 11 is 1.34. The standard InChI is InChI=1S/C13H15FN2OS/c1-3-4-8-11(17)15-13-16(2)12-9(14)6-5-7-10(12)18-13/h5-7H,3-4,8H2,1-2H3. The smallest absolute Gasteiger partial charge is 0.248 e. The van der Waals surface area contributed by atoms with Crippen LogP contribution in [0.25, 0.3) is 10.2 Å². The van der Waals surface area contributed by atoms with Crippen molar-refractivity contribution in [1.29, 1.82) is 0 Å². The number of halogens is 1. The summed E-state index contributed by atoms with van der Waals surface area (Å²) in [6.07, 6.45) is 2.26. The molecule has 0 bridgehead atoms. The summed E-state index contributed by atoms with van der Waals surface area (Å²) in [6.45, 7) is 2.03. The Morgan fingerprint density at radius 3 is 2.94 bits per heavy atom. The Kier molecular flexibility index (Phi) is 3.91. The third-order valence-electron chi connectivity index (χ3n) is 2.74. The number of para-hydroxylation sites is 1. The van der Waals surface area contributed by atoms with Gasteiger partial charge in [-0.2, -0.15) is 4.99 Å². The zero-order chi connectivity index (χ0) is 13.1. The van der Waals surface area contributed by atoms with Crippen LogP contribution in [0.4, 0.5) is 4.39 Å². The first-order chi connectivity index (χ1) is 8.63. The molecule has 0 spiro atoms. The maximum absolute atomic E-state index is 13.7. The zero-order valence-corrected chi connectivity index (χ0v) is 11.3. The van der Waals surface area contributed by atoms with E-state index in [2.05, 4.69) is 4.99 Å². The van der Waals surface area contributed by atoms with Crippen molar-refractivity contribution in [2.24, 2.45) is 12.0 Å². The first kappa shape index (κ1) is 13.0. The van der Waals surface area contributed by atoms with E-state index in [-0.39, 0.29) is 11.7 Å². The van der Waals surface area contributed by atoms with Crippen molar-refractivity contribution in [3.8, 4) is 0 Å². The van der Waals surface area contributed by atoms with Crippen LogP contribution in [0.3, 0.4) is 0 Å². The minimum Gasteiger partial charge on any atom is -0.317 e. The van der Waals surface area contributed by atoms with E-state index < -0.39 is 0 Å². The lowest BCUT2D eigenvalue weighted by Crippen LogP contribution is -2.13. The van der Waals surface area contributed by atoms with Crippen molar-refractivity contribution in [1.82, 2.24) is 4.57 Å². The molecule has 1 aromatic carbocycles. The minimum atomic E-state index is -0.284. The topological polar surface area (TPSA) is 34.4 Å². The molecular weight excluding hydrogens is 251 g/mol. The van der Waals surface area contributed by atoms with Gasteiger partial charge < -0.3 is 4.57 Å². The molecule has 0 N–H and O–H groups in total. The van der Waals surface area contributed by atoms with E-state index >= 15 is 0 Å². The highest BCUT2D eigenvalue weighted by Crippen LogP contribution is 2.19. The number of carbonyl (C=O) groups is 1. The Labute approximate surface area is 109 Å². The number of aryl methyl sites for hydroxylation is 1. The van der Waals surface area contributed by atoms with Crippen molar-refractivity contribution >= 4 is 27.5 Å². The summed E-state index contributed by atoms with van der Waals surface area (Å²) in [4.78, 5) is 16.2. The van der Waals surface area contributed by atoms with Crippen molar-refractivity contribution in [2.45, 2.75) is 26.2 Å². The molecule has 1 amide bonds. The maximum atomic E-state index is 13.7. The van der Waals surface area contributed by atoms with Crippen LogP contribution in [0, 0.1) is 5.82 Å². The Morgan fingerprint density at radius 2 is 2.28 bits per heavy atom. The lowest BCUT2D eigenvalue weighted by Gasteiger charge is -1.96. The number of unbranched alkanes of at least 4 members (excludes halogenated alkanes) is 1. The number of hydrogen-bond donors (Lipinski definition) is 0. The van der Waals surface area contributed by atoms with Crippen LogP contribution >= 0.6 is 11.3 Å². The number of aromatic nitrogens is 1. The number of nitrogens with zero attached hydrogens (tertiary/aromatic N) is 2. The van der Waals surface area contributed by atoms with E-state index in [9.17, 15) is 9.18 Å². The summed E-state index contributed by atoms with van der Waals surface area (Å²) < 4.78 is 16.1. The van der Waals surface area contributed by atoms with Crippen molar-refractivity contribution in [3.63, 3.8) is 0 Å². The lowest BCUT2D eigenvalue weighted by molar-refractivity contribution is -0.118. The van der Waals surface area contributed by atoms with Crippen LogP contribution in [0.2, 0.25) is 0 Å². The SMILES string of the molecule is CCCCC(=O)N=c1sc2cccc(F)c2n1C. The van der Waals surface area contributed by atoms with Gasteiger partial charge in [-0.1, -0.05) is 30.7 Å². The molecule has 96 valence electrons. The largest absolute Gasteiger partial charge is 0.317 e. The molecule has 1 aromatic heterocycles. The molecule has 5 heteroatoms. The van der Waals surface area contributed by atoms with Crippen LogP contribution in [0.15, 0.2) is 23.2 Å². The zero-order valence-electron chi connectivity index (χ0n) is 10.4. The van der Waals surface area contributed by atoms with Crippen molar-refractivity contribution < 1.29 is 9.18 Å². The van der Waals surface area contributed by atoms with Gasteiger partial charge in [-0.3, -0.25) is 4.79 Å². The number of carbonyl (C=O) groups excluding carboxylic acids is 1. The van der Waals surface area contributed by atoms with Gasteiger partial charge in [0.2, 0.25) is 5.91 Å². The molecule has 0 aliphatic rings.